The molecule has 0 aliphatic heterocycles. The second-order valence-electron chi connectivity index (χ2n) is 3.36. The molecule has 4 nitrogen and oxygen atoms in total. The molecule has 2 aromatic rings. The summed E-state index contributed by atoms with van der Waals surface area (Å²) in [6.45, 7) is 0. The second-order valence-corrected chi connectivity index (χ2v) is 5.35. The van der Waals surface area contributed by atoms with Gasteiger partial charge in [-0.3, -0.25) is 4.98 Å². The van der Waals surface area contributed by atoms with Crippen LogP contribution in [0, 0.1) is 0 Å². The summed E-state index contributed by atoms with van der Waals surface area (Å²) in [5.74, 6) is 0. The highest BCUT2D eigenvalue weighted by molar-refractivity contribution is 7.91. The van der Waals surface area contributed by atoms with Crippen LogP contribution in [0.4, 0.5) is 5.69 Å². The van der Waals surface area contributed by atoms with E-state index in [1.807, 2.05) is 0 Å². The number of sulfone groups is 1. The highest BCUT2D eigenvalue weighted by atomic mass is 32.2. The lowest BCUT2D eigenvalue weighted by molar-refractivity contribution is 0.602. The summed E-state index contributed by atoms with van der Waals surface area (Å²) >= 11 is 0. The number of nitrogens with two attached hydrogens (primary N) is 1. The highest BCUT2D eigenvalue weighted by Gasteiger charge is 2.11. The van der Waals surface area contributed by atoms with Crippen LogP contribution in [0.5, 0.6) is 0 Å². The van der Waals surface area contributed by atoms with Crippen LogP contribution < -0.4 is 5.73 Å². The quantitative estimate of drug-likeness (QED) is 0.787. The van der Waals surface area contributed by atoms with Gasteiger partial charge >= 0.3 is 0 Å². The highest BCUT2D eigenvalue weighted by Crippen LogP contribution is 2.22. The normalized spacial score (nSPS) is 11.8. The largest absolute Gasteiger partial charge is 0.397 e. The van der Waals surface area contributed by atoms with Crippen molar-refractivity contribution < 1.29 is 8.42 Å². The zero-order valence-electron chi connectivity index (χ0n) is 8.14. The first-order chi connectivity index (χ1) is 6.98. The summed E-state index contributed by atoms with van der Waals surface area (Å²) in [4.78, 5) is 4.33. The van der Waals surface area contributed by atoms with Gasteiger partial charge < -0.3 is 5.73 Å². The molecule has 1 aromatic heterocycles. The predicted molar refractivity (Wildman–Crippen MR) is 59.3 cm³/mol. The molecule has 0 aliphatic rings. The molecular weight excluding hydrogens is 212 g/mol. The van der Waals surface area contributed by atoms with Gasteiger partial charge in [-0.1, -0.05) is 6.07 Å². The Morgan fingerprint density at radius 3 is 2.73 bits per heavy atom. The van der Waals surface area contributed by atoms with Crippen molar-refractivity contribution in [1.82, 2.24) is 4.98 Å². The first-order valence-corrected chi connectivity index (χ1v) is 6.22. The Labute approximate surface area is 87.7 Å². The summed E-state index contributed by atoms with van der Waals surface area (Å²) in [7, 11) is -3.24. The summed E-state index contributed by atoms with van der Waals surface area (Å²) in [5.41, 5.74) is 6.67. The van der Waals surface area contributed by atoms with Crippen LogP contribution in [-0.4, -0.2) is 19.7 Å². The fourth-order valence-corrected chi connectivity index (χ4v) is 2.35. The van der Waals surface area contributed by atoms with Gasteiger partial charge in [0.1, 0.15) is 0 Å². The van der Waals surface area contributed by atoms with Gasteiger partial charge in [-0.2, -0.15) is 0 Å². The molecule has 1 aromatic carbocycles. The fourth-order valence-electron chi connectivity index (χ4n) is 1.46. The number of nitrogen functional groups attached to an aromatic ring is 1. The number of benzene rings is 1. The molecule has 0 atom stereocenters. The molecule has 0 radical (unpaired) electrons. The van der Waals surface area contributed by atoms with Gasteiger partial charge in [-0.25, -0.2) is 8.42 Å². The van der Waals surface area contributed by atoms with Crippen molar-refractivity contribution in [2.45, 2.75) is 4.90 Å². The number of anilines is 1. The molecular formula is C10H10N2O2S. The molecule has 0 saturated heterocycles. The van der Waals surface area contributed by atoms with Crippen molar-refractivity contribution in [2.24, 2.45) is 0 Å². The van der Waals surface area contributed by atoms with E-state index in [0.29, 0.717) is 16.6 Å². The monoisotopic (exact) mass is 222 g/mol. The van der Waals surface area contributed by atoms with Crippen molar-refractivity contribution in [1.29, 1.82) is 0 Å². The molecule has 0 fully saturated rings. The number of hydrogen-bond donors (Lipinski definition) is 1. The van der Waals surface area contributed by atoms with Crippen molar-refractivity contribution in [3.05, 3.63) is 30.5 Å². The fraction of sp³-hybridized carbons (Fsp3) is 0.100. The Bertz CT molecular complexity index is 620. The van der Waals surface area contributed by atoms with Crippen molar-refractivity contribution in [2.75, 3.05) is 12.0 Å². The van der Waals surface area contributed by atoms with Gasteiger partial charge in [-0.05, 0) is 18.2 Å². The number of rotatable bonds is 1. The maximum Gasteiger partial charge on any atom is 0.176 e. The van der Waals surface area contributed by atoms with Crippen LogP contribution in [0.2, 0.25) is 0 Å². The third-order valence-corrected chi connectivity index (χ3v) is 3.26. The zero-order chi connectivity index (χ0) is 11.1. The Morgan fingerprint density at radius 2 is 2.07 bits per heavy atom. The van der Waals surface area contributed by atoms with E-state index in [1.165, 1.54) is 12.5 Å². The molecule has 0 unspecified atom stereocenters. The van der Waals surface area contributed by atoms with Gasteiger partial charge in [0.15, 0.2) is 9.84 Å². The van der Waals surface area contributed by atoms with Crippen LogP contribution in [-0.2, 0) is 9.84 Å². The van der Waals surface area contributed by atoms with Crippen molar-refractivity contribution >= 4 is 26.4 Å². The average molecular weight is 222 g/mol. The van der Waals surface area contributed by atoms with Crippen LogP contribution in [0.25, 0.3) is 10.9 Å². The lowest BCUT2D eigenvalue weighted by Gasteiger charge is -2.04. The SMILES string of the molecule is CS(=O)(=O)c1cccc2ncc(N)cc12. The average Bonchev–Trinajstić information content (AvgIpc) is 2.15. The van der Waals surface area contributed by atoms with Gasteiger partial charge in [0.05, 0.1) is 22.3 Å². The van der Waals surface area contributed by atoms with E-state index >= 15 is 0 Å². The lowest BCUT2D eigenvalue weighted by Crippen LogP contribution is -1.99. The number of aromatic nitrogens is 1. The molecule has 15 heavy (non-hydrogen) atoms. The van der Waals surface area contributed by atoms with E-state index in [2.05, 4.69) is 4.98 Å². The van der Waals surface area contributed by atoms with E-state index in [9.17, 15) is 8.42 Å². The summed E-state index contributed by atoms with van der Waals surface area (Å²) in [6.07, 6.45) is 2.68. The Balaban J connectivity index is 2.92. The van der Waals surface area contributed by atoms with Gasteiger partial charge in [-0.15, -0.1) is 0 Å². The van der Waals surface area contributed by atoms with Gasteiger partial charge in [0, 0.05) is 11.6 Å². The Kier molecular flexibility index (Phi) is 2.12. The number of fused-ring (bicyclic) bond motifs is 1. The van der Waals surface area contributed by atoms with Gasteiger partial charge in [0.2, 0.25) is 0 Å². The minimum absolute atomic E-state index is 0.264. The first-order valence-electron chi connectivity index (χ1n) is 4.33. The summed E-state index contributed by atoms with van der Waals surface area (Å²) in [5, 5.41) is 0.569. The van der Waals surface area contributed by atoms with Gasteiger partial charge in [0.25, 0.3) is 0 Å². The summed E-state index contributed by atoms with van der Waals surface area (Å²) in [6, 6.07) is 6.60. The molecule has 0 saturated carbocycles. The van der Waals surface area contributed by atoms with Crippen LogP contribution in [0.3, 0.4) is 0 Å². The third kappa shape index (κ3) is 1.78. The topological polar surface area (TPSA) is 73.0 Å². The van der Waals surface area contributed by atoms with Crippen LogP contribution in [0.1, 0.15) is 0 Å². The molecule has 0 spiro atoms. The standard InChI is InChI=1S/C10H10N2O2S/c1-15(13,14)10-4-2-3-9-8(10)5-7(11)6-12-9/h2-6H,11H2,1H3. The number of nitrogens with zero attached hydrogens (tertiary/aromatic N) is 1. The minimum Gasteiger partial charge on any atom is -0.397 e. The van der Waals surface area contributed by atoms with E-state index in [1.54, 1.807) is 24.3 Å². The molecule has 78 valence electrons. The molecule has 0 aliphatic carbocycles. The predicted octanol–water partition coefficient (Wildman–Crippen LogP) is 1.22. The summed E-state index contributed by atoms with van der Waals surface area (Å²) < 4.78 is 23.0. The smallest absolute Gasteiger partial charge is 0.176 e. The first kappa shape index (κ1) is 9.92. The molecule has 5 heteroatoms. The maximum atomic E-state index is 11.5. The lowest BCUT2D eigenvalue weighted by atomic mass is 10.2. The number of hydrogen-bond acceptors (Lipinski definition) is 4. The molecule has 1 heterocycles. The van der Waals surface area contributed by atoms with Crippen molar-refractivity contribution in [3.63, 3.8) is 0 Å². The minimum atomic E-state index is -3.24. The van der Waals surface area contributed by atoms with Crippen LogP contribution in [0.15, 0.2) is 35.4 Å². The molecule has 2 rings (SSSR count). The third-order valence-electron chi connectivity index (χ3n) is 2.11. The molecule has 0 amide bonds. The van der Waals surface area contributed by atoms with E-state index in [0.717, 1.165) is 0 Å². The van der Waals surface area contributed by atoms with E-state index in [4.69, 9.17) is 5.73 Å². The number of pyridine rings is 1. The second kappa shape index (κ2) is 3.20. The van der Waals surface area contributed by atoms with E-state index < -0.39 is 9.84 Å². The maximum absolute atomic E-state index is 11.5. The van der Waals surface area contributed by atoms with Crippen molar-refractivity contribution in [3.8, 4) is 0 Å². The zero-order valence-corrected chi connectivity index (χ0v) is 8.95. The molecule has 0 bridgehead atoms. The van der Waals surface area contributed by atoms with E-state index in [-0.39, 0.29) is 4.90 Å². The Hall–Kier alpha value is -1.62. The molecule has 2 N–H and O–H groups in total. The van der Waals surface area contributed by atoms with Crippen LogP contribution >= 0.6 is 0 Å². The Morgan fingerprint density at radius 1 is 1.33 bits per heavy atom.